The van der Waals surface area contributed by atoms with Crippen LogP contribution in [0.3, 0.4) is 0 Å². The molecule has 0 aromatic carbocycles. The van der Waals surface area contributed by atoms with Gasteiger partial charge < -0.3 is 14.5 Å². The topological polar surface area (TPSA) is 96.5 Å². The molecule has 3 aromatic heterocycles. The van der Waals surface area contributed by atoms with E-state index in [1.54, 1.807) is 11.3 Å². The van der Waals surface area contributed by atoms with Crippen LogP contribution >= 0.6 is 11.3 Å². The van der Waals surface area contributed by atoms with Crippen LogP contribution in [0.2, 0.25) is 0 Å². The fourth-order valence-electron chi connectivity index (χ4n) is 4.93. The third-order valence-corrected chi connectivity index (χ3v) is 7.59. The quantitative estimate of drug-likeness (QED) is 0.609. The lowest BCUT2D eigenvalue weighted by molar-refractivity contribution is 0.122. The largest absolute Gasteiger partial charge is 0.378 e. The first-order valence-electron chi connectivity index (χ1n) is 10.8. The highest BCUT2D eigenvalue weighted by molar-refractivity contribution is 7.26. The highest BCUT2D eigenvalue weighted by Gasteiger charge is 2.28. The zero-order chi connectivity index (χ0) is 20.1. The molecule has 0 radical (unpaired) electrons. The number of hydrogen-bond acceptors (Lipinski definition) is 10. The lowest BCUT2D eigenvalue weighted by atomic mass is 9.90. The van der Waals surface area contributed by atoms with Gasteiger partial charge in [-0.15, -0.1) is 21.5 Å². The molecule has 9 nitrogen and oxygen atoms in total. The van der Waals surface area contributed by atoms with E-state index in [1.807, 2.05) is 5.01 Å². The normalized spacial score (nSPS) is 20.8. The second kappa shape index (κ2) is 7.52. The molecule has 0 bridgehead atoms. The van der Waals surface area contributed by atoms with Crippen LogP contribution < -0.4 is 15.6 Å². The molecule has 30 heavy (non-hydrogen) atoms. The molecule has 3 aliphatic rings. The monoisotopic (exact) mass is 426 g/mol. The van der Waals surface area contributed by atoms with Crippen molar-refractivity contribution in [2.75, 3.05) is 62.3 Å². The number of thiophene rings is 1. The van der Waals surface area contributed by atoms with Crippen LogP contribution in [0, 0.1) is 0 Å². The maximum absolute atomic E-state index is 5.95. The fraction of sp³-hybridized carbons (Fsp3) is 0.600. The van der Waals surface area contributed by atoms with Crippen molar-refractivity contribution in [1.82, 2.24) is 25.4 Å². The minimum absolute atomic E-state index is 0.771. The Hall–Kier alpha value is -2.14. The number of nitrogens with zero attached hydrogens (tertiary/aromatic N) is 7. The molecular formula is C20H26N8OS. The van der Waals surface area contributed by atoms with Gasteiger partial charge in [-0.1, -0.05) is 0 Å². The van der Waals surface area contributed by atoms with Gasteiger partial charge in [0.2, 0.25) is 0 Å². The number of ether oxygens (including phenoxy) is 1. The summed E-state index contributed by atoms with van der Waals surface area (Å²) in [6, 6.07) is 0. The predicted octanol–water partition coefficient (Wildman–Crippen LogP) is 1.35. The summed E-state index contributed by atoms with van der Waals surface area (Å²) in [4.78, 5) is 10.9. The molecule has 5 heterocycles. The Labute approximate surface area is 178 Å². The van der Waals surface area contributed by atoms with Crippen molar-refractivity contribution in [3.05, 3.63) is 11.1 Å². The number of hydrogen-bond donors (Lipinski definition) is 1. The summed E-state index contributed by atoms with van der Waals surface area (Å²) in [6.07, 6.45) is 4.62. The summed E-state index contributed by atoms with van der Waals surface area (Å²) in [6.45, 7) is 6.71. The van der Waals surface area contributed by atoms with E-state index >= 15 is 0 Å². The van der Waals surface area contributed by atoms with Crippen LogP contribution in [0.15, 0.2) is 0 Å². The molecule has 158 valence electrons. The van der Waals surface area contributed by atoms with Crippen molar-refractivity contribution in [1.29, 1.82) is 0 Å². The third-order valence-electron chi connectivity index (χ3n) is 6.52. The maximum atomic E-state index is 5.95. The predicted molar refractivity (Wildman–Crippen MR) is 118 cm³/mol. The smallest absolute Gasteiger partial charge is 0.172 e. The lowest BCUT2D eigenvalue weighted by Gasteiger charge is -2.32. The average molecular weight is 427 g/mol. The first-order chi connectivity index (χ1) is 14.8. The maximum Gasteiger partial charge on any atom is 0.172 e. The number of nitrogens with two attached hydrogens (primary N) is 1. The van der Waals surface area contributed by atoms with Gasteiger partial charge in [-0.3, -0.25) is 5.84 Å². The molecule has 3 aromatic rings. The van der Waals surface area contributed by atoms with Gasteiger partial charge in [0, 0.05) is 44.7 Å². The van der Waals surface area contributed by atoms with Crippen LogP contribution in [0.5, 0.6) is 0 Å². The first-order valence-corrected chi connectivity index (χ1v) is 11.7. The molecule has 10 heteroatoms. The minimum atomic E-state index is 0.771. The van der Waals surface area contributed by atoms with Crippen LogP contribution in [0.1, 0.15) is 24.0 Å². The standard InChI is InChI=1S/C20H26N8OS/c21-28-7-5-26(6-8-28)19-17-16(23-25-24-19)15-13-3-1-2-4-14(13)18(22-20(15)30-17)27-9-11-29-12-10-27/h1-12,21H2. The highest BCUT2D eigenvalue weighted by atomic mass is 32.1. The summed E-state index contributed by atoms with van der Waals surface area (Å²) >= 11 is 1.71. The number of piperazine rings is 1. The summed E-state index contributed by atoms with van der Waals surface area (Å²) in [5, 5.41) is 16.2. The number of morpholine rings is 1. The summed E-state index contributed by atoms with van der Waals surface area (Å²) in [7, 11) is 0. The Morgan fingerprint density at radius 3 is 2.37 bits per heavy atom. The van der Waals surface area contributed by atoms with E-state index in [1.165, 1.54) is 29.4 Å². The molecule has 0 unspecified atom stereocenters. The molecule has 1 aliphatic carbocycles. The van der Waals surface area contributed by atoms with Crippen molar-refractivity contribution >= 4 is 43.4 Å². The van der Waals surface area contributed by atoms with Gasteiger partial charge in [0.05, 0.1) is 13.2 Å². The second-order valence-corrected chi connectivity index (χ2v) is 9.29. The van der Waals surface area contributed by atoms with E-state index < -0.39 is 0 Å². The highest BCUT2D eigenvalue weighted by Crippen LogP contribution is 2.43. The van der Waals surface area contributed by atoms with E-state index in [9.17, 15) is 0 Å². The molecular weight excluding hydrogens is 400 g/mol. The van der Waals surface area contributed by atoms with E-state index in [-0.39, 0.29) is 0 Å². The first kappa shape index (κ1) is 18.6. The lowest BCUT2D eigenvalue weighted by Crippen LogP contribution is -2.49. The Balaban J connectivity index is 1.53. The minimum Gasteiger partial charge on any atom is -0.378 e. The average Bonchev–Trinajstić information content (AvgIpc) is 3.19. The molecule has 0 spiro atoms. The molecule has 0 saturated carbocycles. The summed E-state index contributed by atoms with van der Waals surface area (Å²) in [5.74, 6) is 8.03. The number of hydrazine groups is 1. The van der Waals surface area contributed by atoms with Crippen LogP contribution in [-0.2, 0) is 17.6 Å². The molecule has 2 N–H and O–H groups in total. The Morgan fingerprint density at radius 1 is 0.833 bits per heavy atom. The number of anilines is 2. The fourth-order valence-corrected chi connectivity index (χ4v) is 6.08. The van der Waals surface area contributed by atoms with Crippen LogP contribution in [0.25, 0.3) is 20.4 Å². The Bertz CT molecular complexity index is 1090. The SMILES string of the molecule is NN1CCN(c2nnnc3c2sc2nc(N4CCOCC4)c4c(c23)CCCC4)CC1. The molecule has 2 aliphatic heterocycles. The number of pyridine rings is 1. The van der Waals surface area contributed by atoms with Gasteiger partial charge >= 0.3 is 0 Å². The zero-order valence-corrected chi connectivity index (χ0v) is 17.8. The van der Waals surface area contributed by atoms with Crippen molar-refractivity contribution in [2.45, 2.75) is 25.7 Å². The third kappa shape index (κ3) is 3.01. The van der Waals surface area contributed by atoms with Gasteiger partial charge in [-0.25, -0.2) is 9.99 Å². The number of aryl methyl sites for hydroxylation is 1. The van der Waals surface area contributed by atoms with Crippen LogP contribution in [-0.4, -0.2) is 77.9 Å². The molecule has 6 rings (SSSR count). The second-order valence-electron chi connectivity index (χ2n) is 8.30. The summed E-state index contributed by atoms with van der Waals surface area (Å²) in [5.41, 5.74) is 3.80. The van der Waals surface area contributed by atoms with E-state index in [2.05, 4.69) is 25.2 Å². The molecule has 0 atom stereocenters. The van der Waals surface area contributed by atoms with Crippen molar-refractivity contribution < 1.29 is 4.74 Å². The van der Waals surface area contributed by atoms with Gasteiger partial charge in [0.1, 0.15) is 20.9 Å². The molecule has 2 fully saturated rings. The van der Waals surface area contributed by atoms with Crippen molar-refractivity contribution in [3.8, 4) is 0 Å². The van der Waals surface area contributed by atoms with Crippen LogP contribution in [0.4, 0.5) is 11.6 Å². The van der Waals surface area contributed by atoms with Crippen molar-refractivity contribution in [3.63, 3.8) is 0 Å². The molecule has 0 amide bonds. The Morgan fingerprint density at radius 2 is 1.57 bits per heavy atom. The number of rotatable bonds is 2. The van der Waals surface area contributed by atoms with Crippen molar-refractivity contribution in [2.24, 2.45) is 5.84 Å². The number of aromatic nitrogens is 4. The van der Waals surface area contributed by atoms with E-state index in [0.717, 1.165) is 92.0 Å². The van der Waals surface area contributed by atoms with Gasteiger partial charge in [-0.05, 0) is 42.0 Å². The molecule has 2 saturated heterocycles. The zero-order valence-electron chi connectivity index (χ0n) is 17.0. The summed E-state index contributed by atoms with van der Waals surface area (Å²) < 4.78 is 6.68. The number of fused-ring (bicyclic) bond motifs is 5. The van der Waals surface area contributed by atoms with E-state index in [0.29, 0.717) is 0 Å². The van der Waals surface area contributed by atoms with E-state index in [4.69, 9.17) is 15.6 Å². The van der Waals surface area contributed by atoms with Gasteiger partial charge in [0.15, 0.2) is 5.82 Å². The van der Waals surface area contributed by atoms with Gasteiger partial charge in [-0.2, -0.15) is 0 Å². The van der Waals surface area contributed by atoms with Gasteiger partial charge in [0.25, 0.3) is 0 Å². The Kier molecular flexibility index (Phi) is 4.67.